The Hall–Kier alpha value is -1.37. The van der Waals surface area contributed by atoms with Crippen molar-refractivity contribution in [3.05, 3.63) is 48.0 Å². The first-order valence-corrected chi connectivity index (χ1v) is 6.07. The van der Waals surface area contributed by atoms with E-state index in [-0.39, 0.29) is 20.8 Å². The minimum atomic E-state index is 0. The summed E-state index contributed by atoms with van der Waals surface area (Å²) in [6, 6.07) is 15.1. The van der Waals surface area contributed by atoms with Crippen molar-refractivity contribution in [1.29, 1.82) is 0 Å². The zero-order valence-corrected chi connectivity index (χ0v) is 13.2. The van der Waals surface area contributed by atoms with Crippen LogP contribution in [0.4, 0.5) is 0 Å². The van der Waals surface area contributed by atoms with Gasteiger partial charge in [0.2, 0.25) is 0 Å². The van der Waals surface area contributed by atoms with Crippen molar-refractivity contribution < 1.29 is 5.48 Å². The van der Waals surface area contributed by atoms with E-state index >= 15 is 0 Å². The summed E-state index contributed by atoms with van der Waals surface area (Å²) in [5.41, 5.74) is 4.05. The van der Waals surface area contributed by atoms with Crippen LogP contribution in [0.1, 0.15) is 26.3 Å². The van der Waals surface area contributed by atoms with Crippen LogP contribution in [0.5, 0.6) is 0 Å². The fourth-order valence-corrected chi connectivity index (χ4v) is 2.50. The Morgan fingerprint density at radius 1 is 0.842 bits per heavy atom. The van der Waals surface area contributed by atoms with Crippen LogP contribution in [-0.4, -0.2) is 10.5 Å². The maximum Gasteiger partial charge on any atom is 0.0502 e. The van der Waals surface area contributed by atoms with Gasteiger partial charge in [-0.05, 0) is 17.0 Å². The van der Waals surface area contributed by atoms with Gasteiger partial charge in [0, 0.05) is 16.3 Å². The SMILES string of the molecule is CC(C)(C)c1cccc2c1[nH]c1ccccc12.O.P. The summed E-state index contributed by atoms with van der Waals surface area (Å²) < 4.78 is 0. The van der Waals surface area contributed by atoms with E-state index in [9.17, 15) is 0 Å². The molecule has 0 aliphatic carbocycles. The van der Waals surface area contributed by atoms with Crippen molar-refractivity contribution in [2.24, 2.45) is 0 Å². The van der Waals surface area contributed by atoms with Gasteiger partial charge in [-0.25, -0.2) is 0 Å². The average Bonchev–Trinajstić information content (AvgIpc) is 2.65. The molecule has 3 heteroatoms. The van der Waals surface area contributed by atoms with E-state index in [4.69, 9.17) is 0 Å². The van der Waals surface area contributed by atoms with Crippen LogP contribution >= 0.6 is 9.90 Å². The number of nitrogens with one attached hydrogen (secondary N) is 1. The van der Waals surface area contributed by atoms with Crippen molar-refractivity contribution in [3.63, 3.8) is 0 Å². The molecule has 0 saturated carbocycles. The van der Waals surface area contributed by atoms with Crippen LogP contribution in [0.3, 0.4) is 0 Å². The molecule has 3 N–H and O–H groups in total. The number of aromatic amines is 1. The molecule has 0 aliphatic rings. The lowest BCUT2D eigenvalue weighted by atomic mass is 9.86. The maximum absolute atomic E-state index is 3.55. The van der Waals surface area contributed by atoms with Crippen LogP contribution in [0.15, 0.2) is 42.5 Å². The number of H-pyrrole nitrogens is 1. The van der Waals surface area contributed by atoms with E-state index in [0.717, 1.165) is 0 Å². The van der Waals surface area contributed by atoms with Gasteiger partial charge < -0.3 is 10.5 Å². The molecule has 3 rings (SSSR count). The minimum Gasteiger partial charge on any atom is -0.412 e. The van der Waals surface area contributed by atoms with Gasteiger partial charge in [-0.2, -0.15) is 9.90 Å². The van der Waals surface area contributed by atoms with Gasteiger partial charge in [-0.1, -0.05) is 57.2 Å². The summed E-state index contributed by atoms with van der Waals surface area (Å²) in [5, 5.41) is 2.64. The number of hydrogen-bond acceptors (Lipinski definition) is 0. The normalized spacial score (nSPS) is 11.1. The zero-order valence-electron chi connectivity index (χ0n) is 11.7. The van der Waals surface area contributed by atoms with Gasteiger partial charge in [-0.3, -0.25) is 0 Å². The second kappa shape index (κ2) is 5.32. The minimum absolute atomic E-state index is 0. The lowest BCUT2D eigenvalue weighted by molar-refractivity contribution is 0.595. The van der Waals surface area contributed by atoms with Crippen molar-refractivity contribution in [1.82, 2.24) is 4.98 Å². The lowest BCUT2D eigenvalue weighted by Crippen LogP contribution is -2.11. The van der Waals surface area contributed by atoms with E-state index < -0.39 is 0 Å². The van der Waals surface area contributed by atoms with Gasteiger partial charge in [0.25, 0.3) is 0 Å². The standard InChI is InChI=1S/C16H17N.H2O.H3P/c1-16(2,3)13-9-6-8-12-11-7-4-5-10-14(11)17-15(12)13;;/h4-10,17H,1-3H3;1H2;1H3. The molecule has 0 radical (unpaired) electrons. The molecule has 1 atom stereocenters. The Kier molecular flexibility index (Phi) is 4.39. The summed E-state index contributed by atoms with van der Waals surface area (Å²) in [6.45, 7) is 6.77. The fourth-order valence-electron chi connectivity index (χ4n) is 2.50. The summed E-state index contributed by atoms with van der Waals surface area (Å²) >= 11 is 0. The first kappa shape index (κ1) is 15.7. The molecule has 0 saturated heterocycles. The monoisotopic (exact) mass is 275 g/mol. The molecule has 1 unspecified atom stereocenters. The van der Waals surface area contributed by atoms with Crippen LogP contribution < -0.4 is 0 Å². The molecule has 1 aromatic heterocycles. The topological polar surface area (TPSA) is 47.3 Å². The van der Waals surface area contributed by atoms with E-state index in [2.05, 4.69) is 68.2 Å². The Morgan fingerprint density at radius 2 is 1.47 bits per heavy atom. The molecule has 0 bridgehead atoms. The number of para-hydroxylation sites is 2. The molecular weight excluding hydrogens is 253 g/mol. The third-order valence-electron chi connectivity index (χ3n) is 3.35. The predicted octanol–water partition coefficient (Wildman–Crippen LogP) is 3.85. The summed E-state index contributed by atoms with van der Waals surface area (Å²) in [7, 11) is 0. The first-order valence-electron chi connectivity index (χ1n) is 6.07. The van der Waals surface area contributed by atoms with Crippen molar-refractivity contribution in [2.75, 3.05) is 0 Å². The van der Waals surface area contributed by atoms with E-state index in [1.165, 1.54) is 27.4 Å². The summed E-state index contributed by atoms with van der Waals surface area (Å²) in [5.74, 6) is 0. The molecule has 0 fully saturated rings. The largest absolute Gasteiger partial charge is 0.412 e. The number of fused-ring (bicyclic) bond motifs is 3. The highest BCUT2D eigenvalue weighted by molar-refractivity contribution is 6.92. The Bertz CT molecular complexity index is 695. The van der Waals surface area contributed by atoms with Gasteiger partial charge >= 0.3 is 0 Å². The third-order valence-corrected chi connectivity index (χ3v) is 3.35. The highest BCUT2D eigenvalue weighted by Crippen LogP contribution is 2.33. The molecule has 2 nitrogen and oxygen atoms in total. The van der Waals surface area contributed by atoms with Crippen LogP contribution in [0, 0.1) is 0 Å². The number of aromatic nitrogens is 1. The van der Waals surface area contributed by atoms with E-state index in [1.807, 2.05) is 0 Å². The molecule has 0 amide bonds. The summed E-state index contributed by atoms with van der Waals surface area (Å²) in [4.78, 5) is 3.55. The zero-order chi connectivity index (χ0) is 12.0. The molecule has 0 aliphatic heterocycles. The highest BCUT2D eigenvalue weighted by Gasteiger charge is 2.18. The fraction of sp³-hybridized carbons (Fsp3) is 0.250. The molecule has 0 spiro atoms. The van der Waals surface area contributed by atoms with Crippen molar-refractivity contribution in [2.45, 2.75) is 26.2 Å². The van der Waals surface area contributed by atoms with Gasteiger partial charge in [0.05, 0.1) is 5.52 Å². The molecule has 102 valence electrons. The molecule has 1 heterocycles. The quantitative estimate of drug-likeness (QED) is 0.606. The van der Waals surface area contributed by atoms with Gasteiger partial charge in [0.1, 0.15) is 0 Å². The highest BCUT2D eigenvalue weighted by atomic mass is 31.0. The van der Waals surface area contributed by atoms with E-state index in [1.54, 1.807) is 0 Å². The molecular formula is C16H22NOP. The van der Waals surface area contributed by atoms with Gasteiger partial charge in [-0.15, -0.1) is 0 Å². The van der Waals surface area contributed by atoms with Crippen molar-refractivity contribution in [3.8, 4) is 0 Å². The average molecular weight is 275 g/mol. The Balaban J connectivity index is 0.000000902. The van der Waals surface area contributed by atoms with Gasteiger partial charge in [0.15, 0.2) is 0 Å². The van der Waals surface area contributed by atoms with Crippen LogP contribution in [-0.2, 0) is 5.41 Å². The number of hydrogen-bond donors (Lipinski definition) is 1. The number of benzene rings is 2. The molecule has 3 aromatic rings. The second-order valence-corrected chi connectivity index (χ2v) is 5.65. The first-order chi connectivity index (χ1) is 8.07. The smallest absolute Gasteiger partial charge is 0.0502 e. The lowest BCUT2D eigenvalue weighted by Gasteiger charge is -2.19. The van der Waals surface area contributed by atoms with E-state index in [0.29, 0.717) is 0 Å². The second-order valence-electron chi connectivity index (χ2n) is 5.65. The molecule has 2 aromatic carbocycles. The number of rotatable bonds is 0. The van der Waals surface area contributed by atoms with Crippen LogP contribution in [0.2, 0.25) is 0 Å². The third kappa shape index (κ3) is 2.51. The molecule has 19 heavy (non-hydrogen) atoms. The Labute approximate surface area is 117 Å². The van der Waals surface area contributed by atoms with Crippen LogP contribution in [0.25, 0.3) is 21.8 Å². The summed E-state index contributed by atoms with van der Waals surface area (Å²) in [6.07, 6.45) is 0. The van der Waals surface area contributed by atoms with Crippen molar-refractivity contribution >= 4 is 31.7 Å². The predicted molar refractivity (Wildman–Crippen MR) is 89.2 cm³/mol. The Morgan fingerprint density at radius 3 is 2.16 bits per heavy atom. The maximum atomic E-state index is 3.55.